The van der Waals surface area contributed by atoms with E-state index in [1.54, 1.807) is 42.5 Å². The van der Waals surface area contributed by atoms with Gasteiger partial charge in [-0.1, -0.05) is 48.0 Å². The Morgan fingerprint density at radius 3 is 2.50 bits per heavy atom. The quantitative estimate of drug-likeness (QED) is 0.181. The van der Waals surface area contributed by atoms with Gasteiger partial charge in [0.2, 0.25) is 0 Å². The van der Waals surface area contributed by atoms with E-state index >= 15 is 0 Å². The Bertz CT molecular complexity index is 1490. The van der Waals surface area contributed by atoms with Gasteiger partial charge in [-0.3, -0.25) is 19.7 Å². The Morgan fingerprint density at radius 1 is 1.00 bits per heavy atom. The number of nitro groups is 1. The maximum absolute atomic E-state index is 13.1. The summed E-state index contributed by atoms with van der Waals surface area (Å²) < 4.78 is 2.02. The van der Waals surface area contributed by atoms with E-state index in [-0.39, 0.29) is 10.9 Å². The van der Waals surface area contributed by atoms with Crippen LogP contribution < -0.4 is 4.90 Å². The highest BCUT2D eigenvalue weighted by molar-refractivity contribution is 8.19. The molecule has 1 fully saturated rings. The van der Waals surface area contributed by atoms with E-state index in [0.29, 0.717) is 22.2 Å². The van der Waals surface area contributed by atoms with Crippen LogP contribution in [0.4, 0.5) is 16.2 Å². The molecule has 168 valence electrons. The van der Waals surface area contributed by atoms with Crippen LogP contribution in [0.1, 0.15) is 11.1 Å². The van der Waals surface area contributed by atoms with Crippen molar-refractivity contribution in [1.29, 1.82) is 0 Å². The predicted octanol–water partition coefficient (Wildman–Crippen LogP) is 6.49. The molecule has 34 heavy (non-hydrogen) atoms. The zero-order valence-electron chi connectivity index (χ0n) is 17.6. The molecule has 1 aliphatic heterocycles. The average molecular weight is 490 g/mol. The highest BCUT2D eigenvalue weighted by atomic mass is 35.5. The van der Waals surface area contributed by atoms with E-state index in [9.17, 15) is 19.7 Å². The normalized spacial score (nSPS) is 15.0. The Kier molecular flexibility index (Phi) is 5.69. The minimum absolute atomic E-state index is 0.0391. The standard InChI is InChI=1S/C25H16ClN3O4S/c26-18-4-3-5-20(13-18)28-24(30)23(34-25(28)31)12-17-15-27(22-7-2-1-6-21(17)22)14-16-8-10-19(11-9-16)29(32)33/h1-13,15H,14H2/b23-12+. The fraction of sp³-hybridized carbons (Fsp3) is 0.0400. The van der Waals surface area contributed by atoms with Gasteiger partial charge in [0.1, 0.15) is 0 Å². The van der Waals surface area contributed by atoms with Crippen molar-refractivity contribution in [2.45, 2.75) is 6.54 Å². The summed E-state index contributed by atoms with van der Waals surface area (Å²) in [7, 11) is 0. The number of fused-ring (bicyclic) bond motifs is 1. The zero-order valence-corrected chi connectivity index (χ0v) is 19.1. The van der Waals surface area contributed by atoms with Gasteiger partial charge in [0.15, 0.2) is 0 Å². The molecule has 2 amide bonds. The van der Waals surface area contributed by atoms with E-state index < -0.39 is 10.8 Å². The first-order valence-corrected chi connectivity index (χ1v) is 11.4. The van der Waals surface area contributed by atoms with Crippen molar-refractivity contribution in [1.82, 2.24) is 4.57 Å². The number of non-ortho nitro benzene ring substituents is 1. The third kappa shape index (κ3) is 4.09. The van der Waals surface area contributed by atoms with Crippen molar-refractivity contribution in [3.05, 3.63) is 110 Å². The highest BCUT2D eigenvalue weighted by Gasteiger charge is 2.36. The molecule has 1 saturated heterocycles. The number of benzene rings is 3. The molecule has 2 heterocycles. The Balaban J connectivity index is 1.49. The summed E-state index contributed by atoms with van der Waals surface area (Å²) >= 11 is 6.92. The van der Waals surface area contributed by atoms with Crippen LogP contribution in [0.5, 0.6) is 0 Å². The van der Waals surface area contributed by atoms with E-state index in [4.69, 9.17) is 11.6 Å². The second-order valence-corrected chi connectivity index (χ2v) is 9.08. The molecule has 4 aromatic rings. The number of hydrogen-bond donors (Lipinski definition) is 0. The number of thioether (sulfide) groups is 1. The summed E-state index contributed by atoms with van der Waals surface area (Å²) in [5, 5.41) is 11.9. The number of aromatic nitrogens is 1. The molecule has 0 saturated carbocycles. The van der Waals surface area contributed by atoms with Crippen molar-refractivity contribution in [2.24, 2.45) is 0 Å². The molecule has 9 heteroatoms. The van der Waals surface area contributed by atoms with Crippen LogP contribution in [0.15, 0.2) is 83.9 Å². The molecule has 0 radical (unpaired) electrons. The fourth-order valence-corrected chi connectivity index (χ4v) is 4.90. The monoisotopic (exact) mass is 489 g/mol. The van der Waals surface area contributed by atoms with Crippen LogP contribution in [-0.2, 0) is 11.3 Å². The topological polar surface area (TPSA) is 85.5 Å². The Morgan fingerprint density at radius 2 is 1.76 bits per heavy atom. The lowest BCUT2D eigenvalue weighted by Gasteiger charge is -2.12. The van der Waals surface area contributed by atoms with Crippen LogP contribution in [0.25, 0.3) is 17.0 Å². The summed E-state index contributed by atoms with van der Waals surface area (Å²) in [6.45, 7) is 0.496. The molecule has 0 aliphatic carbocycles. The van der Waals surface area contributed by atoms with Crippen LogP contribution in [-0.4, -0.2) is 20.6 Å². The summed E-state index contributed by atoms with van der Waals surface area (Å²) in [4.78, 5) is 37.6. The molecule has 3 aromatic carbocycles. The predicted molar refractivity (Wildman–Crippen MR) is 134 cm³/mol. The van der Waals surface area contributed by atoms with Gasteiger partial charge in [0.25, 0.3) is 16.8 Å². The number of carbonyl (C=O) groups excluding carboxylic acids is 2. The fourth-order valence-electron chi connectivity index (χ4n) is 3.89. The summed E-state index contributed by atoms with van der Waals surface area (Å²) in [5.74, 6) is -0.399. The van der Waals surface area contributed by atoms with Crippen LogP contribution in [0, 0.1) is 10.1 Å². The number of hydrogen-bond acceptors (Lipinski definition) is 5. The number of rotatable bonds is 5. The molecule has 1 aromatic heterocycles. The molecule has 0 bridgehead atoms. The molecule has 1 aliphatic rings. The number of halogens is 1. The number of amides is 2. The SMILES string of the molecule is O=C1S/C(=C/c2cn(Cc3ccc([N+](=O)[O-])cc3)c3ccccc23)C(=O)N1c1cccc(Cl)c1. The van der Waals surface area contributed by atoms with Crippen molar-refractivity contribution in [2.75, 3.05) is 4.90 Å². The molecule has 0 unspecified atom stereocenters. The van der Waals surface area contributed by atoms with Crippen LogP contribution in [0.2, 0.25) is 5.02 Å². The van der Waals surface area contributed by atoms with E-state index in [0.717, 1.165) is 38.7 Å². The van der Waals surface area contributed by atoms with E-state index in [1.807, 2.05) is 35.0 Å². The van der Waals surface area contributed by atoms with Crippen molar-refractivity contribution >= 4 is 62.9 Å². The molecular weight excluding hydrogens is 474 g/mol. The van der Waals surface area contributed by atoms with Gasteiger partial charge >= 0.3 is 0 Å². The molecule has 0 spiro atoms. The molecule has 7 nitrogen and oxygen atoms in total. The largest absolute Gasteiger partial charge is 0.342 e. The number of nitrogens with zero attached hydrogens (tertiary/aromatic N) is 3. The average Bonchev–Trinajstić information content (AvgIpc) is 3.30. The molecule has 0 atom stereocenters. The summed E-state index contributed by atoms with van der Waals surface area (Å²) in [6.07, 6.45) is 3.64. The van der Waals surface area contributed by atoms with Crippen LogP contribution >= 0.6 is 23.4 Å². The van der Waals surface area contributed by atoms with Gasteiger partial charge in [-0.05, 0) is 47.7 Å². The zero-order chi connectivity index (χ0) is 23.8. The number of para-hydroxylation sites is 1. The third-order valence-corrected chi connectivity index (χ3v) is 6.57. The smallest absolute Gasteiger partial charge is 0.298 e. The Hall–Kier alpha value is -3.88. The highest BCUT2D eigenvalue weighted by Crippen LogP contribution is 2.37. The molecular formula is C25H16ClN3O4S. The number of nitro benzene ring substituents is 1. The summed E-state index contributed by atoms with van der Waals surface area (Å²) in [5.41, 5.74) is 3.12. The van der Waals surface area contributed by atoms with Gasteiger partial charge in [0.05, 0.1) is 15.5 Å². The minimum Gasteiger partial charge on any atom is -0.342 e. The van der Waals surface area contributed by atoms with Crippen molar-refractivity contribution < 1.29 is 14.5 Å². The first kappa shape index (κ1) is 21.9. The lowest BCUT2D eigenvalue weighted by molar-refractivity contribution is -0.384. The van der Waals surface area contributed by atoms with E-state index in [2.05, 4.69) is 0 Å². The van der Waals surface area contributed by atoms with Gasteiger partial charge in [-0.25, -0.2) is 4.90 Å². The van der Waals surface area contributed by atoms with Gasteiger partial charge < -0.3 is 4.57 Å². The molecule has 0 N–H and O–H groups in total. The Labute approximate surface area is 203 Å². The van der Waals surface area contributed by atoms with Gasteiger partial charge in [0, 0.05) is 46.4 Å². The van der Waals surface area contributed by atoms with Crippen LogP contribution in [0.3, 0.4) is 0 Å². The van der Waals surface area contributed by atoms with Gasteiger partial charge in [-0.15, -0.1) is 0 Å². The maximum Gasteiger partial charge on any atom is 0.298 e. The molecule has 5 rings (SSSR count). The second-order valence-electron chi connectivity index (χ2n) is 7.65. The van der Waals surface area contributed by atoms with E-state index in [1.165, 1.54) is 12.1 Å². The lowest BCUT2D eigenvalue weighted by atomic mass is 10.1. The number of carbonyl (C=O) groups is 2. The first-order valence-electron chi connectivity index (χ1n) is 10.3. The van der Waals surface area contributed by atoms with Crippen molar-refractivity contribution in [3.8, 4) is 0 Å². The van der Waals surface area contributed by atoms with Gasteiger partial charge in [-0.2, -0.15) is 0 Å². The lowest BCUT2D eigenvalue weighted by Crippen LogP contribution is -2.27. The third-order valence-electron chi connectivity index (χ3n) is 5.47. The number of imide groups is 1. The summed E-state index contributed by atoms with van der Waals surface area (Å²) in [6, 6.07) is 20.8. The first-order chi connectivity index (χ1) is 16.4. The maximum atomic E-state index is 13.1. The second kappa shape index (κ2) is 8.81. The minimum atomic E-state index is -0.427. The van der Waals surface area contributed by atoms with Crippen molar-refractivity contribution in [3.63, 3.8) is 0 Å². The number of anilines is 1.